The summed E-state index contributed by atoms with van der Waals surface area (Å²) in [6, 6.07) is 60.3. The van der Waals surface area contributed by atoms with Crippen molar-refractivity contribution in [2.24, 2.45) is 0 Å². The third kappa shape index (κ3) is 21.6. The molecule has 752 valence electrons. The lowest BCUT2D eigenvalue weighted by atomic mass is 9.83. The average Bonchev–Trinajstić information content (AvgIpc) is 1.53. The molecule has 0 spiro atoms. The number of H-pyrrole nitrogens is 3. The molecule has 7 aliphatic rings. The van der Waals surface area contributed by atoms with Crippen molar-refractivity contribution in [3.8, 4) is 67.9 Å². The number of likely N-dealkylation sites (tertiary alicyclic amines) is 5. The second-order valence-electron chi connectivity index (χ2n) is 39.0. The Hall–Kier alpha value is -15.3. The molecule has 22 rings (SSSR count). The molecule has 32 nitrogen and oxygen atoms in total. The molecule has 34 heteroatoms. The Bertz CT molecular complexity index is 7370. The summed E-state index contributed by atoms with van der Waals surface area (Å²) < 4.78 is 51.1. The molecule has 0 unspecified atom stereocenters. The smallest absolute Gasteiger partial charge is 0.258 e. The summed E-state index contributed by atoms with van der Waals surface area (Å²) >= 11 is 0. The number of piperidine rings is 2. The van der Waals surface area contributed by atoms with Crippen LogP contribution >= 0.6 is 0 Å². The molecule has 8 aromatic carbocycles. The fraction of sp³-hybridized carbons (Fsp3) is 0.327. The van der Waals surface area contributed by atoms with Crippen LogP contribution in [-0.4, -0.2) is 274 Å². The van der Waals surface area contributed by atoms with Gasteiger partial charge in [0.1, 0.15) is 28.7 Å². The summed E-state index contributed by atoms with van der Waals surface area (Å²) in [6.07, 6.45) is 22.1. The molecule has 0 bridgehead atoms. The van der Waals surface area contributed by atoms with Crippen molar-refractivity contribution in [2.45, 2.75) is 112 Å². The summed E-state index contributed by atoms with van der Waals surface area (Å²) in [5.41, 5.74) is 15.7. The number of ether oxygens (including phenoxy) is 4. The number of aryl methyl sites for hydroxylation is 2. The number of fused-ring (bicyclic) bond motifs is 3. The van der Waals surface area contributed by atoms with Crippen LogP contribution in [0.2, 0.25) is 0 Å². The minimum atomic E-state index is -1.09. The fourth-order valence-electron chi connectivity index (χ4n) is 21.2. The molecule has 0 radical (unpaired) electrons. The largest absolute Gasteiger partial charge is 0.373 e. The zero-order chi connectivity index (χ0) is 102. The summed E-state index contributed by atoms with van der Waals surface area (Å²) in [4.78, 5) is 124. The highest BCUT2D eigenvalue weighted by Crippen LogP contribution is 2.44. The highest BCUT2D eigenvalue weighted by atomic mass is 19.1. The summed E-state index contributed by atoms with van der Waals surface area (Å²) in [5, 5.41) is 34.4. The average molecular weight is 1980 g/mol. The standard InChI is InChI=1S/C39H42N8O4.C37H38FN7O3.C37H36FN7O3/c1-50-38(29-8-6-27(7-9-29)36-41-16-3-17-42-36)14-20-47(21-15-38)34(48)24-46-19-13-39(25-46,51-2)37(49)43-30-10-11-32-31(23-30)35(45-44-32)28-12-18-40-33(22-28)26-4-5-26;2*1-24-20-28(38)8-10-30(24)34-31-21-29(9-11-32(31)42-43-34)41-36(47)37(48-2)14-19-44(23-37)22-33(46)45-17-12-26(13-18-45)25-4-6-27(7-5-25)35-39-15-3-16-40-35/h3,6-12,16-18,22-23,26H,4-5,13-15,19-21,24-25H2,1-2H3,(H,43,49)(H,44,45);3-11,15-16,20-21,26H,12-14,17-19,22-23H2,1-2H3,(H,41,47)(H,42,43);3-12,15-16,20-21H,13-14,17-19,22-23H2,1-2H3,(H,41,47)(H,42,43)/t39-;2*37-/m000/s1. The van der Waals surface area contributed by atoms with Crippen molar-refractivity contribution in [1.82, 2.24) is 94.9 Å². The monoisotopic (exact) mass is 1980 g/mol. The third-order valence-electron chi connectivity index (χ3n) is 30.1. The van der Waals surface area contributed by atoms with Crippen molar-refractivity contribution in [1.29, 1.82) is 0 Å². The van der Waals surface area contributed by atoms with Crippen LogP contribution in [0.15, 0.2) is 244 Å². The number of methoxy groups -OCH3 is 4. The van der Waals surface area contributed by atoms with Gasteiger partial charge in [-0.3, -0.25) is 63.7 Å². The van der Waals surface area contributed by atoms with Crippen LogP contribution in [-0.2, 0) is 53.3 Å². The lowest BCUT2D eigenvalue weighted by Gasteiger charge is -2.41. The van der Waals surface area contributed by atoms with Crippen molar-refractivity contribution in [3.05, 3.63) is 289 Å². The van der Waals surface area contributed by atoms with Crippen LogP contribution < -0.4 is 16.0 Å². The number of hydrogen-bond acceptors (Lipinski definition) is 23. The normalized spacial score (nSPS) is 19.2. The number of amides is 6. The third-order valence-corrected chi connectivity index (χ3v) is 30.1. The molecular formula is C113H116F2N22O10. The molecule has 6 fully saturated rings. The van der Waals surface area contributed by atoms with E-state index in [9.17, 15) is 37.5 Å². The second kappa shape index (κ2) is 43.2. The van der Waals surface area contributed by atoms with E-state index < -0.39 is 22.4 Å². The summed E-state index contributed by atoms with van der Waals surface area (Å²) in [6.45, 7) is 10.8. The molecule has 147 heavy (non-hydrogen) atoms. The minimum Gasteiger partial charge on any atom is -0.373 e. The van der Waals surface area contributed by atoms with Crippen LogP contribution in [0.25, 0.3) is 106 Å². The maximum atomic E-state index is 13.8. The van der Waals surface area contributed by atoms with Crippen molar-refractivity contribution in [3.63, 3.8) is 0 Å². The number of anilines is 3. The first-order valence-corrected chi connectivity index (χ1v) is 49.9. The number of hydrogen-bond donors (Lipinski definition) is 6. The number of rotatable bonds is 26. The number of aromatic amines is 3. The first-order chi connectivity index (χ1) is 71.5. The van der Waals surface area contributed by atoms with Crippen molar-refractivity contribution >= 4 is 90.8 Å². The van der Waals surface area contributed by atoms with Crippen LogP contribution in [0.4, 0.5) is 25.8 Å². The van der Waals surface area contributed by atoms with E-state index in [-0.39, 0.29) is 66.7 Å². The van der Waals surface area contributed by atoms with E-state index in [1.807, 2.05) is 134 Å². The Labute approximate surface area is 849 Å². The molecule has 1 saturated carbocycles. The summed E-state index contributed by atoms with van der Waals surface area (Å²) in [5.74, 6) is 1.82. The Morgan fingerprint density at radius 3 is 1.19 bits per heavy atom. The van der Waals surface area contributed by atoms with Crippen LogP contribution in [0, 0.1) is 25.5 Å². The molecule has 13 heterocycles. The number of pyridine rings is 1. The van der Waals surface area contributed by atoms with Gasteiger partial charge in [-0.1, -0.05) is 78.9 Å². The second-order valence-corrected chi connectivity index (χ2v) is 39.0. The van der Waals surface area contributed by atoms with Gasteiger partial charge in [0.15, 0.2) is 34.3 Å². The maximum Gasteiger partial charge on any atom is 0.258 e. The minimum absolute atomic E-state index is 0.0308. The van der Waals surface area contributed by atoms with E-state index in [1.54, 1.807) is 88.8 Å². The van der Waals surface area contributed by atoms with E-state index in [1.165, 1.54) is 55.4 Å². The van der Waals surface area contributed by atoms with Gasteiger partial charge in [0, 0.05) is 229 Å². The van der Waals surface area contributed by atoms with Gasteiger partial charge >= 0.3 is 0 Å². The predicted molar refractivity (Wildman–Crippen MR) is 557 cm³/mol. The topological polar surface area (TPSA) is 371 Å². The van der Waals surface area contributed by atoms with Crippen molar-refractivity contribution < 1.29 is 56.5 Å². The lowest BCUT2D eigenvalue weighted by molar-refractivity contribution is -0.140. The molecule has 7 aromatic heterocycles. The first-order valence-electron chi connectivity index (χ1n) is 49.9. The molecule has 3 atom stereocenters. The van der Waals surface area contributed by atoms with Gasteiger partial charge in [0.05, 0.1) is 41.8 Å². The Balaban J connectivity index is 0.000000134. The molecule has 1 aliphatic carbocycles. The van der Waals surface area contributed by atoms with Crippen molar-refractivity contribution in [2.75, 3.05) is 143 Å². The van der Waals surface area contributed by atoms with Gasteiger partial charge in [-0.05, 0) is 239 Å². The van der Waals surface area contributed by atoms with E-state index in [2.05, 4.69) is 142 Å². The van der Waals surface area contributed by atoms with E-state index >= 15 is 0 Å². The van der Waals surface area contributed by atoms with Gasteiger partial charge in [-0.2, -0.15) is 15.3 Å². The fourth-order valence-corrected chi connectivity index (χ4v) is 21.2. The van der Waals surface area contributed by atoms with Gasteiger partial charge in [-0.15, -0.1) is 0 Å². The van der Waals surface area contributed by atoms with Gasteiger partial charge in [-0.25, -0.2) is 38.7 Å². The van der Waals surface area contributed by atoms with E-state index in [0.717, 1.165) is 119 Å². The zero-order valence-electron chi connectivity index (χ0n) is 82.9. The van der Waals surface area contributed by atoms with Crippen LogP contribution in [0.5, 0.6) is 0 Å². The highest BCUT2D eigenvalue weighted by Gasteiger charge is 2.50. The predicted octanol–water partition coefficient (Wildman–Crippen LogP) is 16.2. The SMILES string of the molecule is COC1(c2ccc(-c3ncccn3)cc2)CCN(C(=O)CN2CC[C@@](OC)(C(=O)Nc3ccc4[nH]nc(-c5ccnc(C6CC6)c5)c4c3)C2)CC1.CO[C@@]1(C(=O)Nc2ccc3[nH]nc(-c4ccc(F)cc4C)c3c2)CCN(CC(=O)N2CC=C(c3ccc(-c4ncccn4)cc3)CC2)C1.CO[C@@]1(C(=O)Nc2ccc3[nH]nc(-c4ccc(F)cc4C)c3c2)CCN(CC(=O)N2CCC(c3ccc(-c4ncccn4)cc3)CC2)C1. The molecule has 6 aliphatic heterocycles. The quantitative estimate of drug-likeness (QED) is 0.0293. The Kier molecular flexibility index (Phi) is 29.1. The Morgan fingerprint density at radius 2 is 0.782 bits per heavy atom. The Morgan fingerprint density at radius 1 is 0.381 bits per heavy atom. The number of halogens is 2. The number of nitrogens with one attached hydrogen (secondary N) is 6. The van der Waals surface area contributed by atoms with Gasteiger partial charge in [0.2, 0.25) is 17.7 Å². The number of nitrogens with zero attached hydrogens (tertiary/aromatic N) is 16. The van der Waals surface area contributed by atoms with Crippen LogP contribution in [0.3, 0.4) is 0 Å². The molecule has 6 N–H and O–H groups in total. The number of carbonyl (C=O) groups excluding carboxylic acids is 6. The lowest BCUT2D eigenvalue weighted by Crippen LogP contribution is -2.50. The molecule has 6 amide bonds. The maximum absolute atomic E-state index is 13.8. The molecule has 15 aromatic rings. The van der Waals surface area contributed by atoms with E-state index in [4.69, 9.17) is 18.9 Å². The zero-order valence-corrected chi connectivity index (χ0v) is 82.9. The highest BCUT2D eigenvalue weighted by molar-refractivity contribution is 6.05. The van der Waals surface area contributed by atoms with Crippen LogP contribution in [0.1, 0.15) is 110 Å². The number of aromatic nitrogens is 13. The summed E-state index contributed by atoms with van der Waals surface area (Å²) in [7, 11) is 6.39. The van der Waals surface area contributed by atoms with Gasteiger partial charge in [0.25, 0.3) is 17.7 Å². The van der Waals surface area contributed by atoms with E-state index in [0.29, 0.717) is 168 Å². The molecular weight excluding hydrogens is 1860 g/mol. The molecule has 5 saturated heterocycles. The number of benzene rings is 8. The number of carbonyl (C=O) groups is 6. The van der Waals surface area contributed by atoms with Gasteiger partial charge < -0.3 is 49.6 Å². The first kappa shape index (κ1) is 99.1.